The molecule has 0 saturated carbocycles. The lowest BCUT2D eigenvalue weighted by atomic mass is 9.98. The number of nitrogens with zero attached hydrogens (tertiary/aromatic N) is 2. The van der Waals surface area contributed by atoms with E-state index in [9.17, 15) is 9.90 Å². The lowest BCUT2D eigenvalue weighted by Crippen LogP contribution is -2.04. The van der Waals surface area contributed by atoms with E-state index in [1.807, 2.05) is 6.92 Å². The summed E-state index contributed by atoms with van der Waals surface area (Å²) < 4.78 is 5.12. The topological polar surface area (TPSA) is 72.3 Å². The number of hydrogen-bond donors (Lipinski definition) is 1. The molecule has 6 heteroatoms. The van der Waals surface area contributed by atoms with Gasteiger partial charge >= 0.3 is 5.97 Å². The molecule has 1 aliphatic heterocycles. The van der Waals surface area contributed by atoms with Crippen molar-refractivity contribution in [3.05, 3.63) is 45.9 Å². The monoisotopic (exact) mass is 314 g/mol. The Morgan fingerprint density at radius 2 is 2.14 bits per heavy atom. The highest BCUT2D eigenvalue weighted by atomic mass is 35.5. The Morgan fingerprint density at radius 1 is 1.32 bits per heavy atom. The number of carbonyl (C=O) groups is 1. The summed E-state index contributed by atoms with van der Waals surface area (Å²) in [4.78, 5) is 21.1. The molecule has 0 atom stereocenters. The molecule has 110 valence electrons. The number of aromatic nitrogens is 2. The maximum absolute atomic E-state index is 12.1. The molecule has 4 rings (SSSR count). The summed E-state index contributed by atoms with van der Waals surface area (Å²) in [7, 11) is 0. The van der Waals surface area contributed by atoms with Gasteiger partial charge in [-0.15, -0.1) is 0 Å². The van der Waals surface area contributed by atoms with E-state index in [4.69, 9.17) is 16.3 Å². The van der Waals surface area contributed by atoms with Gasteiger partial charge < -0.3 is 9.84 Å². The first-order valence-corrected chi connectivity index (χ1v) is 7.17. The second-order valence-corrected chi connectivity index (χ2v) is 5.66. The number of aliphatic hydroxyl groups excluding tert-OH is 1. The quantitative estimate of drug-likeness (QED) is 0.552. The number of cyclic esters (lactones) is 1. The highest BCUT2D eigenvalue weighted by Crippen LogP contribution is 2.36. The molecule has 0 spiro atoms. The van der Waals surface area contributed by atoms with Crippen LogP contribution in [0.15, 0.2) is 18.2 Å². The summed E-state index contributed by atoms with van der Waals surface area (Å²) in [6.07, 6.45) is 0. The molecule has 2 aromatic heterocycles. The zero-order chi connectivity index (χ0) is 15.4. The Balaban J connectivity index is 2.33. The molecule has 5 nitrogen and oxygen atoms in total. The molecule has 0 amide bonds. The van der Waals surface area contributed by atoms with Crippen molar-refractivity contribution in [1.29, 1.82) is 0 Å². The number of hydrogen-bond acceptors (Lipinski definition) is 5. The van der Waals surface area contributed by atoms with Crippen molar-refractivity contribution in [2.75, 3.05) is 0 Å². The van der Waals surface area contributed by atoms with Gasteiger partial charge in [0.25, 0.3) is 0 Å². The lowest BCUT2D eigenvalue weighted by Gasteiger charge is -2.12. The summed E-state index contributed by atoms with van der Waals surface area (Å²) in [5.41, 5.74) is 2.95. The number of pyridine rings is 2. The van der Waals surface area contributed by atoms with Gasteiger partial charge in [-0.05, 0) is 25.1 Å². The zero-order valence-corrected chi connectivity index (χ0v) is 12.4. The number of esters is 1. The molecule has 1 aromatic carbocycles. The molecule has 0 saturated heterocycles. The average molecular weight is 315 g/mol. The maximum Gasteiger partial charge on any atom is 0.341 e. The van der Waals surface area contributed by atoms with Gasteiger partial charge in [-0.1, -0.05) is 11.6 Å². The second-order valence-electron chi connectivity index (χ2n) is 5.22. The summed E-state index contributed by atoms with van der Waals surface area (Å²) >= 11 is 6.11. The van der Waals surface area contributed by atoms with E-state index in [-0.39, 0.29) is 13.2 Å². The first kappa shape index (κ1) is 13.4. The van der Waals surface area contributed by atoms with Gasteiger partial charge in [0.05, 0.1) is 29.1 Å². The normalized spacial score (nSPS) is 13.7. The zero-order valence-electron chi connectivity index (χ0n) is 11.7. The van der Waals surface area contributed by atoms with E-state index in [1.165, 1.54) is 0 Å². The molecule has 3 heterocycles. The van der Waals surface area contributed by atoms with Crippen LogP contribution < -0.4 is 0 Å². The molecule has 0 aliphatic carbocycles. The van der Waals surface area contributed by atoms with Crippen molar-refractivity contribution < 1.29 is 14.6 Å². The van der Waals surface area contributed by atoms with Crippen LogP contribution in [0.25, 0.3) is 21.7 Å². The maximum atomic E-state index is 12.1. The van der Waals surface area contributed by atoms with E-state index in [0.717, 1.165) is 5.39 Å². The van der Waals surface area contributed by atoms with Crippen LogP contribution in [0, 0.1) is 6.92 Å². The van der Waals surface area contributed by atoms with Crippen molar-refractivity contribution in [1.82, 2.24) is 9.97 Å². The van der Waals surface area contributed by atoms with E-state index in [0.29, 0.717) is 44.0 Å². The Labute approximate surface area is 130 Å². The molecule has 1 aliphatic rings. The van der Waals surface area contributed by atoms with Crippen LogP contribution in [0.1, 0.15) is 27.4 Å². The van der Waals surface area contributed by atoms with E-state index < -0.39 is 5.97 Å². The third-order valence-electron chi connectivity index (χ3n) is 3.92. The van der Waals surface area contributed by atoms with Crippen LogP contribution in [0.5, 0.6) is 0 Å². The second kappa shape index (κ2) is 4.63. The van der Waals surface area contributed by atoms with Crippen molar-refractivity contribution in [3.63, 3.8) is 0 Å². The predicted octanol–water partition coefficient (Wildman–Crippen LogP) is 2.91. The Hall–Kier alpha value is -2.24. The van der Waals surface area contributed by atoms with Crippen LogP contribution >= 0.6 is 11.6 Å². The van der Waals surface area contributed by atoms with Gasteiger partial charge in [-0.3, -0.25) is 4.98 Å². The third kappa shape index (κ3) is 1.73. The minimum absolute atomic E-state index is 0.170. The number of benzene rings is 1. The summed E-state index contributed by atoms with van der Waals surface area (Å²) in [6.45, 7) is 1.78. The van der Waals surface area contributed by atoms with Crippen molar-refractivity contribution in [2.24, 2.45) is 0 Å². The molecular formula is C16H11ClN2O3. The highest BCUT2D eigenvalue weighted by Gasteiger charge is 2.29. The largest absolute Gasteiger partial charge is 0.455 e. The van der Waals surface area contributed by atoms with Crippen molar-refractivity contribution in [2.45, 2.75) is 20.1 Å². The molecule has 0 unspecified atom stereocenters. The van der Waals surface area contributed by atoms with Crippen LogP contribution in [-0.4, -0.2) is 21.0 Å². The van der Waals surface area contributed by atoms with Crippen molar-refractivity contribution in [3.8, 4) is 0 Å². The van der Waals surface area contributed by atoms with Crippen LogP contribution in [-0.2, 0) is 18.0 Å². The fourth-order valence-corrected chi connectivity index (χ4v) is 3.21. The number of ether oxygens (including phenoxy) is 1. The van der Waals surface area contributed by atoms with Gasteiger partial charge in [0, 0.05) is 26.9 Å². The SMILES string of the molecule is Cc1nc2c(c3c1c(CO)nc1ccc(Cl)cc13)C(=O)OC2. The minimum atomic E-state index is -0.399. The van der Waals surface area contributed by atoms with Crippen LogP contribution in [0.4, 0.5) is 0 Å². The van der Waals surface area contributed by atoms with Crippen LogP contribution in [0.2, 0.25) is 5.02 Å². The Kier molecular flexibility index (Phi) is 2.82. The minimum Gasteiger partial charge on any atom is -0.455 e. The predicted molar refractivity (Wildman–Crippen MR) is 81.8 cm³/mol. The fraction of sp³-hybridized carbons (Fsp3) is 0.188. The Morgan fingerprint density at radius 3 is 2.91 bits per heavy atom. The smallest absolute Gasteiger partial charge is 0.341 e. The summed E-state index contributed by atoms with van der Waals surface area (Å²) in [5, 5.41) is 12.4. The third-order valence-corrected chi connectivity index (χ3v) is 4.15. The lowest BCUT2D eigenvalue weighted by molar-refractivity contribution is 0.0534. The number of aryl methyl sites for hydroxylation is 1. The van der Waals surface area contributed by atoms with Crippen LogP contribution in [0.3, 0.4) is 0 Å². The molecule has 22 heavy (non-hydrogen) atoms. The van der Waals surface area contributed by atoms with Crippen molar-refractivity contribution >= 4 is 39.2 Å². The van der Waals surface area contributed by atoms with E-state index in [1.54, 1.807) is 18.2 Å². The number of aliphatic hydroxyl groups is 1. The highest BCUT2D eigenvalue weighted by molar-refractivity contribution is 6.32. The fourth-order valence-electron chi connectivity index (χ4n) is 3.04. The standard InChI is InChI=1S/C16H11ClN2O3/c1-7-13-11(5-20)19-10-3-2-8(17)4-9(10)14(13)15-12(18-7)6-22-16(15)21/h2-4,20H,5-6H2,1H3. The van der Waals surface area contributed by atoms with Gasteiger partial charge in [0.2, 0.25) is 0 Å². The molecular weight excluding hydrogens is 304 g/mol. The van der Waals surface area contributed by atoms with Gasteiger partial charge in [0.15, 0.2) is 0 Å². The number of rotatable bonds is 1. The molecule has 0 fully saturated rings. The van der Waals surface area contributed by atoms with E-state index in [2.05, 4.69) is 9.97 Å². The number of carbonyl (C=O) groups excluding carboxylic acids is 1. The van der Waals surface area contributed by atoms with Gasteiger partial charge in [0.1, 0.15) is 6.61 Å². The first-order chi connectivity index (χ1) is 10.6. The Bertz CT molecular complexity index is 969. The molecule has 1 N–H and O–H groups in total. The first-order valence-electron chi connectivity index (χ1n) is 6.79. The van der Waals surface area contributed by atoms with Gasteiger partial charge in [-0.2, -0.15) is 0 Å². The van der Waals surface area contributed by atoms with Gasteiger partial charge in [-0.25, -0.2) is 9.78 Å². The number of fused-ring (bicyclic) bond motifs is 5. The number of halogens is 1. The average Bonchev–Trinajstić information content (AvgIpc) is 2.87. The summed E-state index contributed by atoms with van der Waals surface area (Å²) in [6, 6.07) is 5.29. The summed E-state index contributed by atoms with van der Waals surface area (Å²) in [5.74, 6) is -0.399. The van der Waals surface area contributed by atoms with E-state index >= 15 is 0 Å². The molecule has 3 aromatic rings. The molecule has 0 bridgehead atoms. The molecule has 0 radical (unpaired) electrons.